The van der Waals surface area contributed by atoms with Gasteiger partial charge in [0.25, 0.3) is 0 Å². The molecule has 1 aliphatic rings. The molecule has 2 N–H and O–H groups in total. The molecule has 7 nitrogen and oxygen atoms in total. The minimum absolute atomic E-state index is 0.0160. The Morgan fingerprint density at radius 1 is 1.41 bits per heavy atom. The van der Waals surface area contributed by atoms with Crippen LogP contribution in [0.4, 0.5) is 10.8 Å². The van der Waals surface area contributed by atoms with E-state index in [2.05, 4.69) is 20.8 Å². The smallest absolute Gasteiger partial charge is 0.233 e. The van der Waals surface area contributed by atoms with Crippen molar-refractivity contribution in [1.29, 1.82) is 0 Å². The maximum atomic E-state index is 12.3. The lowest BCUT2D eigenvalue weighted by atomic mass is 10.2. The number of thioether (sulfide) groups is 1. The summed E-state index contributed by atoms with van der Waals surface area (Å²) < 4.78 is 23.6. The summed E-state index contributed by atoms with van der Waals surface area (Å²) in [6, 6.07) is 5.33. The Hall–Kier alpha value is -1.36. The lowest BCUT2D eigenvalue weighted by Gasteiger charge is -2.14. The first kappa shape index (κ1) is 20.4. The van der Waals surface area contributed by atoms with Crippen LogP contribution in [0.5, 0.6) is 0 Å². The summed E-state index contributed by atoms with van der Waals surface area (Å²) in [5.41, 5.74) is 1.80. The summed E-state index contributed by atoms with van der Waals surface area (Å²) in [5, 5.41) is 15.0. The Kier molecular flexibility index (Phi) is 6.29. The molecule has 1 fully saturated rings. The maximum Gasteiger partial charge on any atom is 0.233 e. The van der Waals surface area contributed by atoms with Crippen LogP contribution >= 0.6 is 34.7 Å². The third kappa shape index (κ3) is 5.56. The molecule has 2 aromatic rings. The standard InChI is InChI=1S/C16H19ClN4O3S3/c1-9-3-4-11(7-13(9)17)19-15-20-21-16(26-15)25-10(2)14(22)18-12-5-6-27(23,24)8-12/h3-4,7,10,12H,5-6,8H2,1-2H3,(H,18,22)(H,19,20)/t10-,12-/m0/s1. The second kappa shape index (κ2) is 8.34. The molecule has 11 heteroatoms. The van der Waals surface area contributed by atoms with Gasteiger partial charge < -0.3 is 10.6 Å². The number of sulfone groups is 1. The van der Waals surface area contributed by atoms with E-state index in [0.717, 1.165) is 11.3 Å². The molecule has 0 bridgehead atoms. The largest absolute Gasteiger partial charge is 0.351 e. The molecule has 1 aromatic carbocycles. The molecular weight excluding hydrogens is 428 g/mol. The molecule has 3 rings (SSSR count). The summed E-state index contributed by atoms with van der Waals surface area (Å²) in [5.74, 6) is -0.0483. The number of hydrogen-bond acceptors (Lipinski definition) is 8. The molecule has 146 valence electrons. The Morgan fingerprint density at radius 3 is 2.85 bits per heavy atom. The minimum atomic E-state index is -3.02. The summed E-state index contributed by atoms with van der Waals surface area (Å²) in [6.07, 6.45) is 0.470. The second-order valence-electron chi connectivity index (χ2n) is 6.33. The molecule has 1 aromatic heterocycles. The highest BCUT2D eigenvalue weighted by molar-refractivity contribution is 8.02. The Morgan fingerprint density at radius 2 is 2.19 bits per heavy atom. The number of benzene rings is 1. The summed E-state index contributed by atoms with van der Waals surface area (Å²) in [6.45, 7) is 3.69. The van der Waals surface area contributed by atoms with Gasteiger partial charge in [-0.15, -0.1) is 10.2 Å². The predicted molar refractivity (Wildman–Crippen MR) is 110 cm³/mol. The van der Waals surface area contributed by atoms with Crippen LogP contribution in [0.3, 0.4) is 0 Å². The van der Waals surface area contributed by atoms with Gasteiger partial charge >= 0.3 is 0 Å². The van der Waals surface area contributed by atoms with E-state index in [1.165, 1.54) is 23.1 Å². The number of aryl methyl sites for hydroxylation is 1. The molecule has 0 radical (unpaired) electrons. The van der Waals surface area contributed by atoms with Gasteiger partial charge in [-0.3, -0.25) is 4.79 Å². The maximum absolute atomic E-state index is 12.3. The average Bonchev–Trinajstić information content (AvgIpc) is 3.16. The van der Waals surface area contributed by atoms with Crippen molar-refractivity contribution in [2.24, 2.45) is 0 Å². The molecule has 2 heterocycles. The van der Waals surface area contributed by atoms with E-state index in [1.54, 1.807) is 6.92 Å². The zero-order chi connectivity index (χ0) is 19.6. The van der Waals surface area contributed by atoms with Crippen molar-refractivity contribution >= 4 is 61.3 Å². The highest BCUT2D eigenvalue weighted by Crippen LogP contribution is 2.31. The van der Waals surface area contributed by atoms with E-state index in [9.17, 15) is 13.2 Å². The van der Waals surface area contributed by atoms with E-state index in [1.807, 2.05) is 25.1 Å². The highest BCUT2D eigenvalue weighted by atomic mass is 35.5. The van der Waals surface area contributed by atoms with E-state index in [0.29, 0.717) is 20.9 Å². The lowest BCUT2D eigenvalue weighted by molar-refractivity contribution is -0.120. The Labute approximate surface area is 171 Å². The molecule has 0 unspecified atom stereocenters. The van der Waals surface area contributed by atoms with E-state index >= 15 is 0 Å². The van der Waals surface area contributed by atoms with Crippen LogP contribution in [0, 0.1) is 6.92 Å². The number of carbonyl (C=O) groups excluding carboxylic acids is 1. The molecular formula is C16H19ClN4O3S3. The van der Waals surface area contributed by atoms with Gasteiger partial charge in [0.2, 0.25) is 11.0 Å². The van der Waals surface area contributed by atoms with Crippen LogP contribution in [0.1, 0.15) is 18.9 Å². The number of nitrogens with zero attached hydrogens (tertiary/aromatic N) is 2. The fourth-order valence-corrected chi connectivity index (χ4v) is 6.31. The van der Waals surface area contributed by atoms with Crippen molar-refractivity contribution in [3.63, 3.8) is 0 Å². The summed E-state index contributed by atoms with van der Waals surface area (Å²) in [7, 11) is -3.02. The first-order chi connectivity index (χ1) is 12.7. The van der Waals surface area contributed by atoms with Crippen molar-refractivity contribution < 1.29 is 13.2 Å². The molecule has 27 heavy (non-hydrogen) atoms. The van der Waals surface area contributed by atoms with Crippen molar-refractivity contribution in [3.8, 4) is 0 Å². The van der Waals surface area contributed by atoms with E-state index < -0.39 is 15.1 Å². The number of amides is 1. The highest BCUT2D eigenvalue weighted by Gasteiger charge is 2.30. The molecule has 2 atom stereocenters. The van der Waals surface area contributed by atoms with Crippen LogP contribution < -0.4 is 10.6 Å². The van der Waals surface area contributed by atoms with Crippen LogP contribution in [0.2, 0.25) is 5.02 Å². The van der Waals surface area contributed by atoms with Crippen molar-refractivity contribution in [3.05, 3.63) is 28.8 Å². The molecule has 0 aliphatic carbocycles. The predicted octanol–water partition coefficient (Wildman–Crippen LogP) is 3.03. The van der Waals surface area contributed by atoms with Gasteiger partial charge in [0.15, 0.2) is 14.2 Å². The van der Waals surface area contributed by atoms with Gasteiger partial charge in [-0.1, -0.05) is 40.8 Å². The third-order valence-corrected chi connectivity index (χ3v) is 8.25. The number of rotatable bonds is 6. The number of aromatic nitrogens is 2. The number of hydrogen-bond donors (Lipinski definition) is 2. The molecule has 0 spiro atoms. The first-order valence-corrected chi connectivity index (χ1v) is 12.2. The van der Waals surface area contributed by atoms with Crippen molar-refractivity contribution in [2.45, 2.75) is 35.9 Å². The van der Waals surface area contributed by atoms with Gasteiger partial charge in [-0.05, 0) is 38.0 Å². The molecule has 0 saturated carbocycles. The zero-order valence-corrected chi connectivity index (χ0v) is 17.9. The van der Waals surface area contributed by atoms with Gasteiger partial charge in [0, 0.05) is 16.8 Å². The second-order valence-corrected chi connectivity index (χ2v) is 11.5. The quantitative estimate of drug-likeness (QED) is 0.657. The number of halogens is 1. The molecule has 1 aliphatic heterocycles. The Balaban J connectivity index is 1.55. The number of anilines is 2. The number of carbonyl (C=O) groups is 1. The van der Waals surface area contributed by atoms with Gasteiger partial charge in [-0.2, -0.15) is 0 Å². The first-order valence-electron chi connectivity index (χ1n) is 8.26. The van der Waals surface area contributed by atoms with E-state index in [4.69, 9.17) is 11.6 Å². The average molecular weight is 447 g/mol. The van der Waals surface area contributed by atoms with Gasteiger partial charge in [-0.25, -0.2) is 8.42 Å². The normalized spacial score (nSPS) is 19.6. The van der Waals surface area contributed by atoms with Crippen molar-refractivity contribution in [1.82, 2.24) is 15.5 Å². The molecule has 1 amide bonds. The topological polar surface area (TPSA) is 101 Å². The summed E-state index contributed by atoms with van der Waals surface area (Å²) in [4.78, 5) is 12.3. The fourth-order valence-electron chi connectivity index (χ4n) is 2.53. The SMILES string of the molecule is Cc1ccc(Nc2nnc(S[C@@H](C)C(=O)N[C@H]3CCS(=O)(=O)C3)s2)cc1Cl. The van der Waals surface area contributed by atoms with Crippen LogP contribution in [0.15, 0.2) is 22.5 Å². The Bertz CT molecular complexity index is 948. The molecule has 1 saturated heterocycles. The third-order valence-electron chi connectivity index (χ3n) is 4.06. The van der Waals surface area contributed by atoms with Crippen molar-refractivity contribution in [2.75, 3.05) is 16.8 Å². The van der Waals surface area contributed by atoms with E-state index in [-0.39, 0.29) is 23.5 Å². The van der Waals surface area contributed by atoms with Crippen LogP contribution in [-0.2, 0) is 14.6 Å². The number of nitrogens with one attached hydrogen (secondary N) is 2. The zero-order valence-electron chi connectivity index (χ0n) is 14.7. The van der Waals surface area contributed by atoms with Gasteiger partial charge in [0.05, 0.1) is 16.8 Å². The monoisotopic (exact) mass is 446 g/mol. The van der Waals surface area contributed by atoms with Crippen LogP contribution in [0.25, 0.3) is 0 Å². The summed E-state index contributed by atoms with van der Waals surface area (Å²) >= 11 is 8.74. The fraction of sp³-hybridized carbons (Fsp3) is 0.438. The minimum Gasteiger partial charge on any atom is -0.351 e. The van der Waals surface area contributed by atoms with Gasteiger partial charge in [0.1, 0.15) is 0 Å². The van der Waals surface area contributed by atoms with Crippen LogP contribution in [-0.4, -0.2) is 47.3 Å². The lowest BCUT2D eigenvalue weighted by Crippen LogP contribution is -2.39.